The predicted octanol–water partition coefficient (Wildman–Crippen LogP) is 2.70. The second kappa shape index (κ2) is 8.35. The van der Waals surface area contributed by atoms with Gasteiger partial charge in [-0.1, -0.05) is 12.1 Å². The Morgan fingerprint density at radius 1 is 1.15 bits per heavy atom. The molecule has 0 aliphatic carbocycles. The molecular formula is C20H27N5O2. The zero-order valence-corrected chi connectivity index (χ0v) is 16.4. The first kappa shape index (κ1) is 19.1. The summed E-state index contributed by atoms with van der Waals surface area (Å²) in [5.74, 6) is 1.83. The minimum atomic E-state index is -0.0524. The molecule has 1 amide bonds. The number of anilines is 2. The first-order valence-electron chi connectivity index (χ1n) is 9.28. The summed E-state index contributed by atoms with van der Waals surface area (Å²) in [6, 6.07) is 9.40. The molecule has 7 nitrogen and oxygen atoms in total. The number of benzene rings is 1. The molecule has 27 heavy (non-hydrogen) atoms. The summed E-state index contributed by atoms with van der Waals surface area (Å²) >= 11 is 0. The lowest BCUT2D eigenvalue weighted by molar-refractivity contribution is 0.0658. The van der Waals surface area contributed by atoms with E-state index < -0.39 is 0 Å². The molecular weight excluding hydrogens is 342 g/mol. The Morgan fingerprint density at radius 3 is 2.56 bits per heavy atom. The number of likely N-dealkylation sites (N-methyl/N-ethyl adjacent to an activating group) is 1. The Labute approximate surface area is 160 Å². The standard InChI is InChI=1S/C20H27N5O2/c1-14(2)27-18-8-6-5-7-16(18)23-19-13-17(21-15(3)22-19)20(26)25-11-9-24(4)10-12-25/h5-8,13-14H,9-12H2,1-4H3,(H,21,22,23). The fourth-order valence-electron chi connectivity index (χ4n) is 2.98. The first-order valence-corrected chi connectivity index (χ1v) is 9.28. The van der Waals surface area contributed by atoms with E-state index in [1.54, 1.807) is 13.0 Å². The quantitative estimate of drug-likeness (QED) is 0.874. The molecule has 1 aromatic heterocycles. The van der Waals surface area contributed by atoms with Crippen molar-refractivity contribution in [1.29, 1.82) is 0 Å². The van der Waals surface area contributed by atoms with Crippen LogP contribution in [0.2, 0.25) is 0 Å². The average Bonchev–Trinajstić information content (AvgIpc) is 2.62. The van der Waals surface area contributed by atoms with Crippen molar-refractivity contribution < 1.29 is 9.53 Å². The van der Waals surface area contributed by atoms with Gasteiger partial charge in [0.1, 0.15) is 23.1 Å². The lowest BCUT2D eigenvalue weighted by atomic mass is 10.2. The van der Waals surface area contributed by atoms with E-state index >= 15 is 0 Å². The molecule has 2 aromatic rings. The zero-order chi connectivity index (χ0) is 19.4. The van der Waals surface area contributed by atoms with Crippen molar-refractivity contribution in [2.45, 2.75) is 26.9 Å². The molecule has 0 saturated carbocycles. The minimum Gasteiger partial charge on any atom is -0.489 e. The number of ether oxygens (including phenoxy) is 1. The van der Waals surface area contributed by atoms with E-state index in [-0.39, 0.29) is 12.0 Å². The van der Waals surface area contributed by atoms with Crippen LogP contribution in [0.1, 0.15) is 30.2 Å². The Hall–Kier alpha value is -2.67. The van der Waals surface area contributed by atoms with Gasteiger partial charge in [-0.25, -0.2) is 9.97 Å². The lowest BCUT2D eigenvalue weighted by Crippen LogP contribution is -2.47. The van der Waals surface area contributed by atoms with E-state index in [9.17, 15) is 4.79 Å². The number of carbonyl (C=O) groups excluding carboxylic acids is 1. The molecule has 2 heterocycles. The van der Waals surface area contributed by atoms with Crippen LogP contribution in [0.5, 0.6) is 5.75 Å². The van der Waals surface area contributed by atoms with Crippen molar-refractivity contribution in [3.63, 3.8) is 0 Å². The molecule has 1 fully saturated rings. The van der Waals surface area contributed by atoms with Crippen LogP contribution in [0.3, 0.4) is 0 Å². The van der Waals surface area contributed by atoms with Crippen molar-refractivity contribution in [1.82, 2.24) is 19.8 Å². The molecule has 1 aliphatic heterocycles. The fourth-order valence-corrected chi connectivity index (χ4v) is 2.98. The van der Waals surface area contributed by atoms with Gasteiger partial charge in [0.15, 0.2) is 0 Å². The summed E-state index contributed by atoms with van der Waals surface area (Å²) in [7, 11) is 2.06. The number of carbonyl (C=O) groups is 1. The molecule has 0 spiro atoms. The Bertz CT molecular complexity index is 801. The number of hydrogen-bond acceptors (Lipinski definition) is 6. The largest absolute Gasteiger partial charge is 0.489 e. The third-order valence-corrected chi connectivity index (χ3v) is 4.36. The van der Waals surface area contributed by atoms with Crippen molar-refractivity contribution in [2.24, 2.45) is 0 Å². The second-order valence-corrected chi connectivity index (χ2v) is 7.07. The van der Waals surface area contributed by atoms with Gasteiger partial charge in [-0.15, -0.1) is 0 Å². The van der Waals surface area contributed by atoms with Gasteiger partial charge in [0.25, 0.3) is 5.91 Å². The molecule has 7 heteroatoms. The monoisotopic (exact) mass is 369 g/mol. The fraction of sp³-hybridized carbons (Fsp3) is 0.450. The van der Waals surface area contributed by atoms with Crippen molar-refractivity contribution in [3.8, 4) is 5.75 Å². The number of rotatable bonds is 5. The third-order valence-electron chi connectivity index (χ3n) is 4.36. The van der Waals surface area contributed by atoms with Gasteiger partial charge in [-0.3, -0.25) is 4.79 Å². The van der Waals surface area contributed by atoms with Crippen LogP contribution in [0.25, 0.3) is 0 Å². The van der Waals surface area contributed by atoms with Crippen LogP contribution >= 0.6 is 0 Å². The molecule has 144 valence electrons. The molecule has 1 aromatic carbocycles. The van der Waals surface area contributed by atoms with Crippen molar-refractivity contribution >= 4 is 17.4 Å². The molecule has 3 rings (SSSR count). The second-order valence-electron chi connectivity index (χ2n) is 7.07. The summed E-state index contributed by atoms with van der Waals surface area (Å²) in [5, 5.41) is 3.27. The predicted molar refractivity (Wildman–Crippen MR) is 106 cm³/mol. The summed E-state index contributed by atoms with van der Waals surface area (Å²) in [6.45, 7) is 8.94. The molecule has 0 unspecified atom stereocenters. The van der Waals surface area contributed by atoms with E-state index in [1.807, 2.05) is 43.0 Å². The van der Waals surface area contributed by atoms with E-state index in [1.165, 1.54) is 0 Å². The van der Waals surface area contributed by atoms with Gasteiger partial charge in [0.2, 0.25) is 0 Å². The minimum absolute atomic E-state index is 0.0524. The van der Waals surface area contributed by atoms with Crippen molar-refractivity contribution in [3.05, 3.63) is 41.9 Å². The lowest BCUT2D eigenvalue weighted by Gasteiger charge is -2.32. The maximum Gasteiger partial charge on any atom is 0.272 e. The Morgan fingerprint density at radius 2 is 1.85 bits per heavy atom. The average molecular weight is 369 g/mol. The summed E-state index contributed by atoms with van der Waals surface area (Å²) in [4.78, 5) is 25.7. The number of nitrogens with zero attached hydrogens (tertiary/aromatic N) is 4. The number of aryl methyl sites for hydroxylation is 1. The highest BCUT2D eigenvalue weighted by Gasteiger charge is 2.22. The van der Waals surface area contributed by atoms with E-state index in [4.69, 9.17) is 4.74 Å². The van der Waals surface area contributed by atoms with E-state index in [2.05, 4.69) is 27.2 Å². The van der Waals surface area contributed by atoms with E-state index in [0.717, 1.165) is 24.5 Å². The normalized spacial score (nSPS) is 15.1. The summed E-state index contributed by atoms with van der Waals surface area (Å²) in [5.41, 5.74) is 1.22. The van der Waals surface area contributed by atoms with Crippen LogP contribution in [0, 0.1) is 6.92 Å². The van der Waals surface area contributed by atoms with Gasteiger partial charge in [0.05, 0.1) is 11.8 Å². The highest BCUT2D eigenvalue weighted by Crippen LogP contribution is 2.28. The van der Waals surface area contributed by atoms with Gasteiger partial charge >= 0.3 is 0 Å². The zero-order valence-electron chi connectivity index (χ0n) is 16.4. The SMILES string of the molecule is Cc1nc(Nc2ccccc2OC(C)C)cc(C(=O)N2CCN(C)CC2)n1. The number of para-hydroxylation sites is 2. The molecule has 0 bridgehead atoms. The number of amides is 1. The number of hydrogen-bond donors (Lipinski definition) is 1. The summed E-state index contributed by atoms with van der Waals surface area (Å²) < 4.78 is 5.84. The van der Waals surface area contributed by atoms with Gasteiger partial charge in [-0.05, 0) is 40.0 Å². The third kappa shape index (κ3) is 4.95. The number of piperazine rings is 1. The number of nitrogens with one attached hydrogen (secondary N) is 1. The maximum atomic E-state index is 12.8. The van der Waals surface area contributed by atoms with Crippen LogP contribution in [-0.4, -0.2) is 65.0 Å². The first-order chi connectivity index (χ1) is 12.9. The molecule has 0 radical (unpaired) electrons. The molecule has 1 aliphatic rings. The molecule has 0 atom stereocenters. The van der Waals surface area contributed by atoms with Crippen molar-refractivity contribution in [2.75, 3.05) is 38.5 Å². The van der Waals surface area contributed by atoms with Crippen LogP contribution in [0.4, 0.5) is 11.5 Å². The number of aromatic nitrogens is 2. The van der Waals surface area contributed by atoms with Crippen LogP contribution in [0.15, 0.2) is 30.3 Å². The maximum absolute atomic E-state index is 12.8. The van der Waals surface area contributed by atoms with Gasteiger partial charge in [-0.2, -0.15) is 0 Å². The molecule has 1 N–H and O–H groups in total. The summed E-state index contributed by atoms with van der Waals surface area (Å²) in [6.07, 6.45) is 0.0643. The topological polar surface area (TPSA) is 70.6 Å². The highest BCUT2D eigenvalue weighted by molar-refractivity contribution is 5.93. The van der Waals surface area contributed by atoms with Gasteiger partial charge < -0.3 is 19.9 Å². The van der Waals surface area contributed by atoms with Gasteiger partial charge in [0, 0.05) is 32.2 Å². The Balaban J connectivity index is 1.81. The van der Waals surface area contributed by atoms with Crippen LogP contribution < -0.4 is 10.1 Å². The van der Waals surface area contributed by atoms with Crippen LogP contribution in [-0.2, 0) is 0 Å². The smallest absolute Gasteiger partial charge is 0.272 e. The van der Waals surface area contributed by atoms with E-state index in [0.29, 0.717) is 30.4 Å². The highest BCUT2D eigenvalue weighted by atomic mass is 16.5. The molecule has 1 saturated heterocycles. The Kier molecular flexibility index (Phi) is 5.91.